The Hall–Kier alpha value is -3.28. The molecule has 1 amide bonds. The Balaban J connectivity index is 1.81. The van der Waals surface area contributed by atoms with Crippen LogP contribution in [0.5, 0.6) is 11.5 Å². The number of amides is 1. The van der Waals surface area contributed by atoms with Crippen molar-refractivity contribution in [1.29, 1.82) is 0 Å². The predicted molar refractivity (Wildman–Crippen MR) is 122 cm³/mol. The molecule has 3 rings (SSSR count). The molecule has 1 aromatic heterocycles. The third-order valence-electron chi connectivity index (χ3n) is 5.14. The van der Waals surface area contributed by atoms with Crippen molar-refractivity contribution in [2.24, 2.45) is 0 Å². The van der Waals surface area contributed by atoms with E-state index in [1.165, 1.54) is 0 Å². The maximum atomic E-state index is 13.1. The number of para-hydroxylation sites is 1. The van der Waals surface area contributed by atoms with E-state index in [2.05, 4.69) is 12.0 Å². The summed E-state index contributed by atoms with van der Waals surface area (Å²) in [6.07, 6.45) is 0.907. The Morgan fingerprint density at radius 3 is 2.45 bits per heavy atom. The SMILES string of the molecule is CCCOc1ccc(C(=O)N(C)Cc2c(C)nn(-c3ccccc3)c2C)cc1OCC. The Morgan fingerprint density at radius 2 is 1.77 bits per heavy atom. The van der Waals surface area contributed by atoms with Crippen LogP contribution in [0.4, 0.5) is 0 Å². The molecular formula is C25H31N3O3. The van der Waals surface area contributed by atoms with Crippen LogP contribution >= 0.6 is 0 Å². The summed E-state index contributed by atoms with van der Waals surface area (Å²) in [5, 5.41) is 4.69. The minimum absolute atomic E-state index is 0.0748. The van der Waals surface area contributed by atoms with Gasteiger partial charge in [0.15, 0.2) is 11.5 Å². The molecule has 0 saturated heterocycles. The number of rotatable bonds is 9. The number of ether oxygens (including phenoxy) is 2. The highest BCUT2D eigenvalue weighted by Crippen LogP contribution is 2.29. The molecule has 0 bridgehead atoms. The highest BCUT2D eigenvalue weighted by atomic mass is 16.5. The van der Waals surface area contributed by atoms with Crippen molar-refractivity contribution in [3.63, 3.8) is 0 Å². The summed E-state index contributed by atoms with van der Waals surface area (Å²) in [7, 11) is 1.81. The molecule has 0 spiro atoms. The number of carbonyl (C=O) groups excluding carboxylic acids is 1. The van der Waals surface area contributed by atoms with Crippen molar-refractivity contribution in [3.8, 4) is 17.2 Å². The van der Waals surface area contributed by atoms with E-state index in [-0.39, 0.29) is 5.91 Å². The first-order chi connectivity index (χ1) is 15.0. The van der Waals surface area contributed by atoms with Gasteiger partial charge in [-0.25, -0.2) is 4.68 Å². The first-order valence-electron chi connectivity index (χ1n) is 10.7. The number of carbonyl (C=O) groups is 1. The molecule has 0 aliphatic carbocycles. The van der Waals surface area contributed by atoms with Gasteiger partial charge >= 0.3 is 0 Å². The second-order valence-electron chi connectivity index (χ2n) is 7.50. The van der Waals surface area contributed by atoms with Crippen LogP contribution < -0.4 is 9.47 Å². The normalized spacial score (nSPS) is 10.7. The van der Waals surface area contributed by atoms with Gasteiger partial charge in [-0.2, -0.15) is 5.10 Å². The zero-order chi connectivity index (χ0) is 22.4. The van der Waals surface area contributed by atoms with Crippen molar-refractivity contribution >= 4 is 5.91 Å². The molecule has 0 atom stereocenters. The Bertz CT molecular complexity index is 1030. The van der Waals surface area contributed by atoms with Gasteiger partial charge in [0.25, 0.3) is 5.91 Å². The lowest BCUT2D eigenvalue weighted by atomic mass is 10.1. The fourth-order valence-corrected chi connectivity index (χ4v) is 3.49. The van der Waals surface area contributed by atoms with Crippen molar-refractivity contribution in [2.75, 3.05) is 20.3 Å². The third-order valence-corrected chi connectivity index (χ3v) is 5.14. The van der Waals surface area contributed by atoms with Crippen LogP contribution in [0.25, 0.3) is 5.69 Å². The molecule has 6 heteroatoms. The van der Waals surface area contributed by atoms with Crippen molar-refractivity contribution in [2.45, 2.75) is 40.7 Å². The van der Waals surface area contributed by atoms with E-state index in [0.717, 1.165) is 29.1 Å². The number of benzene rings is 2. The van der Waals surface area contributed by atoms with Crippen molar-refractivity contribution in [1.82, 2.24) is 14.7 Å². The minimum Gasteiger partial charge on any atom is -0.490 e. The van der Waals surface area contributed by atoms with Crippen LogP contribution in [0.15, 0.2) is 48.5 Å². The monoisotopic (exact) mass is 421 g/mol. The number of aryl methyl sites for hydroxylation is 1. The second-order valence-corrected chi connectivity index (χ2v) is 7.50. The van der Waals surface area contributed by atoms with Gasteiger partial charge in [-0.15, -0.1) is 0 Å². The van der Waals surface area contributed by atoms with Crippen LogP contribution in [0.3, 0.4) is 0 Å². The average molecular weight is 422 g/mol. The van der Waals surface area contributed by atoms with E-state index in [1.54, 1.807) is 17.0 Å². The standard InChI is InChI=1S/C25H31N3O3/c1-6-15-31-23-14-13-20(16-24(23)30-7-2)25(29)27(5)17-22-18(3)26-28(19(22)4)21-11-9-8-10-12-21/h8-14,16H,6-7,15,17H2,1-5H3. The van der Waals surface area contributed by atoms with Gasteiger partial charge in [0.1, 0.15) is 0 Å². The van der Waals surface area contributed by atoms with Crippen molar-refractivity contribution in [3.05, 3.63) is 71.0 Å². The van der Waals surface area contributed by atoms with Crippen LogP contribution in [0.2, 0.25) is 0 Å². The maximum Gasteiger partial charge on any atom is 0.254 e. The number of aromatic nitrogens is 2. The molecular weight excluding hydrogens is 390 g/mol. The average Bonchev–Trinajstić information content (AvgIpc) is 3.06. The molecule has 164 valence electrons. The molecule has 31 heavy (non-hydrogen) atoms. The largest absolute Gasteiger partial charge is 0.490 e. The van der Waals surface area contributed by atoms with Crippen LogP contribution in [0, 0.1) is 13.8 Å². The van der Waals surface area contributed by atoms with Gasteiger partial charge in [0, 0.05) is 30.4 Å². The van der Waals surface area contributed by atoms with Crippen LogP contribution in [-0.2, 0) is 6.54 Å². The molecule has 0 saturated carbocycles. The molecule has 0 aliphatic heterocycles. The zero-order valence-corrected chi connectivity index (χ0v) is 19.0. The summed E-state index contributed by atoms with van der Waals surface area (Å²) in [5.74, 6) is 1.19. The predicted octanol–water partition coefficient (Wildman–Crippen LogP) is 4.95. The van der Waals surface area contributed by atoms with E-state index in [9.17, 15) is 4.79 Å². The van der Waals surface area contributed by atoms with Gasteiger partial charge in [-0.3, -0.25) is 4.79 Å². The summed E-state index contributed by atoms with van der Waals surface area (Å²) in [6.45, 7) is 9.57. The number of hydrogen-bond donors (Lipinski definition) is 0. The first-order valence-corrected chi connectivity index (χ1v) is 10.7. The van der Waals surface area contributed by atoms with E-state index in [1.807, 2.05) is 68.9 Å². The summed E-state index contributed by atoms with van der Waals surface area (Å²) in [5.41, 5.74) is 4.57. The number of nitrogens with zero attached hydrogens (tertiary/aromatic N) is 3. The summed E-state index contributed by atoms with van der Waals surface area (Å²) >= 11 is 0. The van der Waals surface area contributed by atoms with E-state index < -0.39 is 0 Å². The highest BCUT2D eigenvalue weighted by molar-refractivity contribution is 5.94. The Labute approximate surface area is 184 Å². The first kappa shape index (κ1) is 22.4. The summed E-state index contributed by atoms with van der Waals surface area (Å²) < 4.78 is 13.4. The zero-order valence-electron chi connectivity index (χ0n) is 19.0. The Kier molecular flexibility index (Phi) is 7.34. The lowest BCUT2D eigenvalue weighted by molar-refractivity contribution is 0.0784. The second kappa shape index (κ2) is 10.2. The molecule has 0 fully saturated rings. The molecule has 0 N–H and O–H groups in total. The topological polar surface area (TPSA) is 56.6 Å². The van der Waals surface area contributed by atoms with Gasteiger partial charge in [-0.05, 0) is 57.5 Å². The fraction of sp³-hybridized carbons (Fsp3) is 0.360. The summed E-state index contributed by atoms with van der Waals surface area (Å²) in [6, 6.07) is 15.4. The van der Waals surface area contributed by atoms with E-state index in [0.29, 0.717) is 36.8 Å². The smallest absolute Gasteiger partial charge is 0.254 e. The molecule has 0 aliphatic rings. The quantitative estimate of drug-likeness (QED) is 0.491. The molecule has 6 nitrogen and oxygen atoms in total. The maximum absolute atomic E-state index is 13.1. The van der Waals surface area contributed by atoms with E-state index in [4.69, 9.17) is 9.47 Å². The third kappa shape index (κ3) is 5.08. The molecule has 3 aromatic rings. The van der Waals surface area contributed by atoms with Gasteiger partial charge in [-0.1, -0.05) is 25.1 Å². The van der Waals surface area contributed by atoms with Gasteiger partial charge in [0.2, 0.25) is 0 Å². The molecule has 0 unspecified atom stereocenters. The van der Waals surface area contributed by atoms with Crippen molar-refractivity contribution < 1.29 is 14.3 Å². The molecule has 0 radical (unpaired) electrons. The minimum atomic E-state index is -0.0748. The summed E-state index contributed by atoms with van der Waals surface area (Å²) in [4.78, 5) is 14.8. The lowest BCUT2D eigenvalue weighted by Gasteiger charge is -2.19. The van der Waals surface area contributed by atoms with Gasteiger partial charge in [0.05, 0.1) is 24.6 Å². The molecule has 1 heterocycles. The van der Waals surface area contributed by atoms with Crippen LogP contribution in [0.1, 0.15) is 47.6 Å². The highest BCUT2D eigenvalue weighted by Gasteiger charge is 2.19. The van der Waals surface area contributed by atoms with Crippen LogP contribution in [-0.4, -0.2) is 40.8 Å². The molecule has 2 aromatic carbocycles. The lowest BCUT2D eigenvalue weighted by Crippen LogP contribution is -2.26. The van der Waals surface area contributed by atoms with Gasteiger partial charge < -0.3 is 14.4 Å². The fourth-order valence-electron chi connectivity index (χ4n) is 3.49. The number of hydrogen-bond acceptors (Lipinski definition) is 4. The Morgan fingerprint density at radius 1 is 1.03 bits per heavy atom. The van der Waals surface area contributed by atoms with E-state index >= 15 is 0 Å².